The summed E-state index contributed by atoms with van der Waals surface area (Å²) in [4.78, 5) is 19.9. The Labute approximate surface area is 171 Å². The van der Waals surface area contributed by atoms with Gasteiger partial charge in [-0.15, -0.1) is 0 Å². The number of methoxy groups -OCH3 is 1. The predicted molar refractivity (Wildman–Crippen MR) is 118 cm³/mol. The third-order valence-corrected chi connectivity index (χ3v) is 4.94. The molecule has 0 fully saturated rings. The molecular weight excluding hydrogens is 364 g/mol. The van der Waals surface area contributed by atoms with Crippen LogP contribution in [0.5, 0.6) is 5.75 Å². The van der Waals surface area contributed by atoms with Gasteiger partial charge in [-0.2, -0.15) is 0 Å². The lowest BCUT2D eigenvalue weighted by Crippen LogP contribution is -2.34. The highest BCUT2D eigenvalue weighted by Crippen LogP contribution is 2.28. The van der Waals surface area contributed by atoms with Gasteiger partial charge in [-0.3, -0.25) is 4.79 Å². The van der Waals surface area contributed by atoms with E-state index in [2.05, 4.69) is 34.4 Å². The van der Waals surface area contributed by atoms with Crippen LogP contribution >= 0.6 is 0 Å². The molecule has 0 saturated heterocycles. The average molecular weight is 393 g/mol. The number of para-hydroxylation sites is 3. The number of hydrogen-bond donors (Lipinski definition) is 2. The molecule has 0 radical (unpaired) electrons. The maximum Gasteiger partial charge on any atom is 0.252 e. The second-order valence-electron chi connectivity index (χ2n) is 6.68. The summed E-state index contributed by atoms with van der Waals surface area (Å²) >= 11 is 0. The predicted octanol–water partition coefficient (Wildman–Crippen LogP) is 4.06. The van der Waals surface area contributed by atoms with Crippen LogP contribution in [0.25, 0.3) is 10.9 Å². The van der Waals surface area contributed by atoms with Gasteiger partial charge in [-0.05, 0) is 37.4 Å². The molecule has 2 N–H and O–H groups in total. The van der Waals surface area contributed by atoms with Crippen molar-refractivity contribution in [2.45, 2.75) is 13.8 Å². The highest BCUT2D eigenvalue weighted by atomic mass is 16.5. The fourth-order valence-corrected chi connectivity index (χ4v) is 3.28. The Balaban J connectivity index is 1.87. The molecule has 1 amide bonds. The second kappa shape index (κ2) is 9.89. The van der Waals surface area contributed by atoms with E-state index in [0.717, 1.165) is 36.2 Å². The third-order valence-electron chi connectivity index (χ3n) is 4.94. The molecule has 1 aromatic heterocycles. The van der Waals surface area contributed by atoms with Gasteiger partial charge in [-0.1, -0.05) is 44.2 Å². The number of fused-ring (bicyclic) bond motifs is 1. The molecule has 29 heavy (non-hydrogen) atoms. The van der Waals surface area contributed by atoms with Gasteiger partial charge < -0.3 is 20.3 Å². The van der Waals surface area contributed by atoms with Crippen LogP contribution in [0.4, 0.5) is 11.5 Å². The summed E-state index contributed by atoms with van der Waals surface area (Å²) in [6.45, 7) is 7.62. The Morgan fingerprint density at radius 1 is 1.07 bits per heavy atom. The number of ether oxygens (including phenoxy) is 1. The van der Waals surface area contributed by atoms with E-state index in [0.29, 0.717) is 23.7 Å². The Morgan fingerprint density at radius 2 is 1.79 bits per heavy atom. The van der Waals surface area contributed by atoms with Gasteiger partial charge >= 0.3 is 0 Å². The first-order chi connectivity index (χ1) is 14.2. The van der Waals surface area contributed by atoms with Crippen molar-refractivity contribution in [2.75, 3.05) is 38.6 Å². The molecule has 3 aromatic rings. The quantitative estimate of drug-likeness (QED) is 0.575. The van der Waals surface area contributed by atoms with Crippen LogP contribution in [-0.4, -0.2) is 49.1 Å². The first kappa shape index (κ1) is 20.6. The van der Waals surface area contributed by atoms with E-state index in [-0.39, 0.29) is 5.91 Å². The van der Waals surface area contributed by atoms with Crippen molar-refractivity contribution in [3.63, 3.8) is 0 Å². The maximum absolute atomic E-state index is 12.9. The molecule has 6 nitrogen and oxygen atoms in total. The summed E-state index contributed by atoms with van der Waals surface area (Å²) in [7, 11) is 1.63. The standard InChI is InChI=1S/C23H28N4O2/c1-4-27(5-2)15-14-24-23(28)18-16-22(25-19-11-7-6-10-17(18)19)26-20-12-8-9-13-21(20)29-3/h6-13,16H,4-5,14-15H2,1-3H3,(H,24,28)(H,25,26). The number of carbonyl (C=O) groups is 1. The van der Waals surface area contributed by atoms with E-state index < -0.39 is 0 Å². The zero-order valence-corrected chi connectivity index (χ0v) is 17.2. The SMILES string of the molecule is CCN(CC)CCNC(=O)c1cc(Nc2ccccc2OC)nc2ccccc12. The van der Waals surface area contributed by atoms with Gasteiger partial charge in [0.2, 0.25) is 0 Å². The molecule has 152 valence electrons. The van der Waals surface area contributed by atoms with Crippen molar-refractivity contribution in [1.29, 1.82) is 0 Å². The van der Waals surface area contributed by atoms with E-state index in [1.54, 1.807) is 13.2 Å². The topological polar surface area (TPSA) is 66.5 Å². The summed E-state index contributed by atoms with van der Waals surface area (Å²) in [5.74, 6) is 1.22. The number of rotatable bonds is 9. The highest BCUT2D eigenvalue weighted by Gasteiger charge is 2.14. The molecule has 0 bridgehead atoms. The van der Waals surface area contributed by atoms with Crippen molar-refractivity contribution in [1.82, 2.24) is 15.2 Å². The van der Waals surface area contributed by atoms with Crippen LogP contribution in [0.3, 0.4) is 0 Å². The molecule has 0 spiro atoms. The molecule has 0 aliphatic rings. The van der Waals surface area contributed by atoms with Gasteiger partial charge in [0.25, 0.3) is 5.91 Å². The van der Waals surface area contributed by atoms with Crippen LogP contribution in [-0.2, 0) is 0 Å². The molecule has 0 aliphatic carbocycles. The maximum atomic E-state index is 12.9. The number of hydrogen-bond acceptors (Lipinski definition) is 5. The number of likely N-dealkylation sites (N-methyl/N-ethyl adjacent to an activating group) is 1. The summed E-state index contributed by atoms with van der Waals surface area (Å²) < 4.78 is 5.41. The van der Waals surface area contributed by atoms with Crippen LogP contribution in [0, 0.1) is 0 Å². The lowest BCUT2D eigenvalue weighted by Gasteiger charge is -2.18. The molecule has 1 heterocycles. The first-order valence-electron chi connectivity index (χ1n) is 9.96. The number of nitrogens with zero attached hydrogens (tertiary/aromatic N) is 2. The first-order valence-corrected chi connectivity index (χ1v) is 9.96. The molecule has 3 rings (SSSR count). The minimum absolute atomic E-state index is 0.0983. The molecule has 0 saturated carbocycles. The Hall–Kier alpha value is -3.12. The summed E-state index contributed by atoms with van der Waals surface area (Å²) in [6.07, 6.45) is 0. The number of benzene rings is 2. The Bertz CT molecular complexity index is 970. The number of pyridine rings is 1. The lowest BCUT2D eigenvalue weighted by atomic mass is 10.1. The summed E-state index contributed by atoms with van der Waals surface area (Å²) in [6, 6.07) is 17.1. The highest BCUT2D eigenvalue weighted by molar-refractivity contribution is 6.07. The van der Waals surface area contributed by atoms with Crippen LogP contribution in [0.15, 0.2) is 54.6 Å². The molecule has 0 unspecified atom stereocenters. The van der Waals surface area contributed by atoms with Gasteiger partial charge in [0.15, 0.2) is 0 Å². The Kier molecular flexibility index (Phi) is 7.03. The fraction of sp³-hybridized carbons (Fsp3) is 0.304. The van der Waals surface area contributed by atoms with Gasteiger partial charge in [-0.25, -0.2) is 4.98 Å². The van der Waals surface area contributed by atoms with E-state index in [1.807, 2.05) is 48.5 Å². The van der Waals surface area contributed by atoms with Gasteiger partial charge in [0.1, 0.15) is 11.6 Å². The number of nitrogens with one attached hydrogen (secondary N) is 2. The number of amides is 1. The van der Waals surface area contributed by atoms with Crippen LogP contribution in [0.2, 0.25) is 0 Å². The number of aromatic nitrogens is 1. The zero-order valence-electron chi connectivity index (χ0n) is 17.2. The smallest absolute Gasteiger partial charge is 0.252 e. The largest absolute Gasteiger partial charge is 0.495 e. The fourth-order valence-electron chi connectivity index (χ4n) is 3.28. The molecule has 2 aromatic carbocycles. The number of carbonyl (C=O) groups excluding carboxylic acids is 1. The van der Waals surface area contributed by atoms with Crippen molar-refractivity contribution in [2.24, 2.45) is 0 Å². The third kappa shape index (κ3) is 5.03. The molecule has 6 heteroatoms. The van der Waals surface area contributed by atoms with Crippen LogP contribution in [0.1, 0.15) is 24.2 Å². The minimum atomic E-state index is -0.0983. The summed E-state index contributed by atoms with van der Waals surface area (Å²) in [5.41, 5.74) is 2.17. The number of anilines is 2. The van der Waals surface area contributed by atoms with Crippen LogP contribution < -0.4 is 15.4 Å². The Morgan fingerprint density at radius 3 is 2.55 bits per heavy atom. The molecule has 0 aliphatic heterocycles. The van der Waals surface area contributed by atoms with Gasteiger partial charge in [0.05, 0.1) is 23.9 Å². The van der Waals surface area contributed by atoms with Crippen molar-refractivity contribution >= 4 is 28.3 Å². The van der Waals surface area contributed by atoms with Crippen molar-refractivity contribution < 1.29 is 9.53 Å². The van der Waals surface area contributed by atoms with Crippen molar-refractivity contribution in [3.05, 3.63) is 60.2 Å². The van der Waals surface area contributed by atoms with E-state index >= 15 is 0 Å². The molecular formula is C23H28N4O2. The average Bonchev–Trinajstić information content (AvgIpc) is 2.76. The van der Waals surface area contributed by atoms with E-state index in [9.17, 15) is 4.79 Å². The lowest BCUT2D eigenvalue weighted by molar-refractivity contribution is 0.0950. The normalized spacial score (nSPS) is 10.9. The monoisotopic (exact) mass is 392 g/mol. The van der Waals surface area contributed by atoms with Crippen molar-refractivity contribution in [3.8, 4) is 5.75 Å². The second-order valence-corrected chi connectivity index (χ2v) is 6.68. The van der Waals surface area contributed by atoms with E-state index in [1.165, 1.54) is 0 Å². The molecule has 0 atom stereocenters. The zero-order chi connectivity index (χ0) is 20.6. The minimum Gasteiger partial charge on any atom is -0.495 e. The summed E-state index contributed by atoms with van der Waals surface area (Å²) in [5, 5.41) is 7.15. The van der Waals surface area contributed by atoms with Gasteiger partial charge in [0, 0.05) is 18.5 Å². The van der Waals surface area contributed by atoms with E-state index in [4.69, 9.17) is 4.74 Å².